The Morgan fingerprint density at radius 3 is 2.10 bits per heavy atom. The molecule has 1 fully saturated rings. The van der Waals surface area contributed by atoms with Gasteiger partial charge in [-0.15, -0.1) is 0 Å². The van der Waals surface area contributed by atoms with Crippen LogP contribution in [-0.4, -0.2) is 67.2 Å². The fourth-order valence-electron chi connectivity index (χ4n) is 3.85. The number of nitrogens with zero attached hydrogens (tertiary/aromatic N) is 2. The molecular formula is C23H28N2O5. The lowest BCUT2D eigenvalue weighted by Crippen LogP contribution is -2.49. The van der Waals surface area contributed by atoms with Crippen LogP contribution in [0, 0.1) is 0 Å². The third-order valence-corrected chi connectivity index (χ3v) is 5.46. The molecule has 1 heterocycles. The van der Waals surface area contributed by atoms with E-state index < -0.39 is 5.97 Å². The number of hydrogen-bond acceptors (Lipinski definition) is 5. The predicted molar refractivity (Wildman–Crippen MR) is 113 cm³/mol. The monoisotopic (exact) mass is 412 g/mol. The summed E-state index contributed by atoms with van der Waals surface area (Å²) in [6, 6.07) is 15.2. The number of amides is 1. The second kappa shape index (κ2) is 10.1. The highest BCUT2D eigenvalue weighted by molar-refractivity contribution is 5.95. The van der Waals surface area contributed by atoms with Gasteiger partial charge in [0.15, 0.2) is 0 Å². The number of carbonyl (C=O) groups is 2. The summed E-state index contributed by atoms with van der Waals surface area (Å²) in [4.78, 5) is 28.2. The fourth-order valence-corrected chi connectivity index (χ4v) is 3.85. The average Bonchev–Trinajstić information content (AvgIpc) is 2.79. The van der Waals surface area contributed by atoms with Crippen LogP contribution in [0.3, 0.4) is 0 Å². The Morgan fingerprint density at radius 1 is 0.967 bits per heavy atom. The van der Waals surface area contributed by atoms with E-state index in [1.165, 1.54) is 0 Å². The van der Waals surface area contributed by atoms with E-state index >= 15 is 0 Å². The van der Waals surface area contributed by atoms with Gasteiger partial charge in [-0.05, 0) is 24.1 Å². The van der Waals surface area contributed by atoms with Crippen molar-refractivity contribution >= 4 is 11.9 Å². The van der Waals surface area contributed by atoms with Crippen LogP contribution in [-0.2, 0) is 4.79 Å². The van der Waals surface area contributed by atoms with Crippen molar-refractivity contribution in [2.24, 2.45) is 0 Å². The third-order valence-electron chi connectivity index (χ3n) is 5.46. The Labute approximate surface area is 176 Å². The average molecular weight is 412 g/mol. The van der Waals surface area contributed by atoms with Gasteiger partial charge in [0, 0.05) is 50.3 Å². The molecule has 30 heavy (non-hydrogen) atoms. The number of hydrogen-bond donors (Lipinski definition) is 1. The second-order valence-corrected chi connectivity index (χ2v) is 7.29. The molecule has 7 heteroatoms. The minimum Gasteiger partial charge on any atom is -0.497 e. The summed E-state index contributed by atoms with van der Waals surface area (Å²) in [5, 5.41) is 9.14. The molecule has 3 rings (SSSR count). The van der Waals surface area contributed by atoms with Crippen LogP contribution in [0.15, 0.2) is 48.5 Å². The van der Waals surface area contributed by atoms with Gasteiger partial charge in [-0.3, -0.25) is 14.5 Å². The molecule has 0 bridgehead atoms. The van der Waals surface area contributed by atoms with E-state index in [-0.39, 0.29) is 18.4 Å². The molecule has 0 aromatic heterocycles. The van der Waals surface area contributed by atoms with E-state index in [1.54, 1.807) is 32.4 Å². The molecule has 0 unspecified atom stereocenters. The van der Waals surface area contributed by atoms with Gasteiger partial charge in [-0.2, -0.15) is 0 Å². The van der Waals surface area contributed by atoms with E-state index in [1.807, 2.05) is 35.2 Å². The molecule has 0 saturated carbocycles. The summed E-state index contributed by atoms with van der Waals surface area (Å²) in [6.45, 7) is 2.53. The molecular weight excluding hydrogens is 384 g/mol. The molecule has 1 amide bonds. The summed E-state index contributed by atoms with van der Waals surface area (Å²) in [5.74, 6) is 0.300. The molecule has 1 aliphatic rings. The molecule has 0 radical (unpaired) electrons. The number of carboxylic acids is 1. The van der Waals surface area contributed by atoms with Gasteiger partial charge < -0.3 is 19.5 Å². The maximum atomic E-state index is 13.0. The van der Waals surface area contributed by atoms with Crippen LogP contribution < -0.4 is 9.47 Å². The van der Waals surface area contributed by atoms with Crippen molar-refractivity contribution < 1.29 is 24.2 Å². The van der Waals surface area contributed by atoms with Crippen molar-refractivity contribution in [2.45, 2.75) is 18.9 Å². The lowest BCUT2D eigenvalue weighted by atomic mass is 9.99. The SMILES string of the molecule is COc1cc(OC)cc(C(=O)N2CCN([C@H](CCC(=O)O)c3ccccc3)CC2)c1. The van der Waals surface area contributed by atoms with E-state index in [9.17, 15) is 9.59 Å². The molecule has 1 atom stereocenters. The van der Waals surface area contributed by atoms with E-state index in [2.05, 4.69) is 4.90 Å². The number of aliphatic carboxylic acids is 1. The molecule has 2 aromatic rings. The summed E-state index contributed by atoms with van der Waals surface area (Å²) in [6.07, 6.45) is 0.655. The van der Waals surface area contributed by atoms with Crippen LogP contribution in [0.2, 0.25) is 0 Å². The number of piperazine rings is 1. The van der Waals surface area contributed by atoms with E-state index in [0.717, 1.165) is 5.56 Å². The van der Waals surface area contributed by atoms with Crippen molar-refractivity contribution in [3.63, 3.8) is 0 Å². The topological polar surface area (TPSA) is 79.3 Å². The third kappa shape index (κ3) is 5.30. The van der Waals surface area contributed by atoms with Gasteiger partial charge in [0.25, 0.3) is 5.91 Å². The van der Waals surface area contributed by atoms with Crippen molar-refractivity contribution in [1.29, 1.82) is 0 Å². The van der Waals surface area contributed by atoms with Crippen LogP contribution in [0.25, 0.3) is 0 Å². The molecule has 0 aliphatic carbocycles. The van der Waals surface area contributed by atoms with Gasteiger partial charge in [-0.1, -0.05) is 30.3 Å². The van der Waals surface area contributed by atoms with Gasteiger partial charge in [-0.25, -0.2) is 0 Å². The first-order valence-corrected chi connectivity index (χ1v) is 10.0. The largest absolute Gasteiger partial charge is 0.497 e. The second-order valence-electron chi connectivity index (χ2n) is 7.29. The number of carbonyl (C=O) groups excluding carboxylic acids is 1. The minimum absolute atomic E-state index is 0.0245. The van der Waals surface area contributed by atoms with Gasteiger partial charge >= 0.3 is 5.97 Å². The predicted octanol–water partition coefficient (Wildman–Crippen LogP) is 3.07. The quantitative estimate of drug-likeness (QED) is 0.718. The van der Waals surface area contributed by atoms with Crippen LogP contribution in [0.5, 0.6) is 11.5 Å². The fraction of sp³-hybridized carbons (Fsp3) is 0.391. The first-order chi connectivity index (χ1) is 14.5. The Kier molecular flexibility index (Phi) is 7.30. The molecule has 1 saturated heterocycles. The summed E-state index contributed by atoms with van der Waals surface area (Å²) in [5.41, 5.74) is 1.64. The molecule has 2 aromatic carbocycles. The zero-order chi connectivity index (χ0) is 21.5. The Bertz CT molecular complexity index is 841. The summed E-state index contributed by atoms with van der Waals surface area (Å²) < 4.78 is 10.5. The van der Waals surface area contributed by atoms with Crippen molar-refractivity contribution in [3.05, 3.63) is 59.7 Å². The minimum atomic E-state index is -0.795. The Hall–Kier alpha value is -3.06. The molecule has 160 valence electrons. The van der Waals surface area contributed by atoms with Crippen molar-refractivity contribution in [1.82, 2.24) is 9.80 Å². The first-order valence-electron chi connectivity index (χ1n) is 10.0. The zero-order valence-electron chi connectivity index (χ0n) is 17.4. The van der Waals surface area contributed by atoms with Gasteiger partial charge in [0.2, 0.25) is 0 Å². The number of benzene rings is 2. The van der Waals surface area contributed by atoms with E-state index in [4.69, 9.17) is 14.6 Å². The van der Waals surface area contributed by atoms with Gasteiger partial charge in [0.05, 0.1) is 14.2 Å². The van der Waals surface area contributed by atoms with Crippen LogP contribution >= 0.6 is 0 Å². The number of ether oxygens (including phenoxy) is 2. The maximum absolute atomic E-state index is 13.0. The highest BCUT2D eigenvalue weighted by atomic mass is 16.5. The zero-order valence-corrected chi connectivity index (χ0v) is 17.4. The van der Waals surface area contributed by atoms with Crippen LogP contribution in [0.1, 0.15) is 34.8 Å². The Balaban J connectivity index is 1.69. The highest BCUT2D eigenvalue weighted by Gasteiger charge is 2.28. The summed E-state index contributed by atoms with van der Waals surface area (Å²) in [7, 11) is 3.12. The number of carboxylic acid groups (broad SMARTS) is 1. The molecule has 7 nitrogen and oxygen atoms in total. The lowest BCUT2D eigenvalue weighted by molar-refractivity contribution is -0.137. The first kappa shape index (κ1) is 21.6. The standard InChI is InChI=1S/C23H28N2O5/c1-29-19-14-18(15-20(16-19)30-2)23(28)25-12-10-24(11-13-25)21(8-9-22(26)27)17-6-4-3-5-7-17/h3-7,14-16,21H,8-13H2,1-2H3,(H,26,27)/t21-/m1/s1. The number of rotatable bonds is 8. The smallest absolute Gasteiger partial charge is 0.303 e. The van der Waals surface area contributed by atoms with Crippen molar-refractivity contribution in [2.75, 3.05) is 40.4 Å². The van der Waals surface area contributed by atoms with Crippen LogP contribution in [0.4, 0.5) is 0 Å². The maximum Gasteiger partial charge on any atom is 0.303 e. The van der Waals surface area contributed by atoms with Crippen molar-refractivity contribution in [3.8, 4) is 11.5 Å². The molecule has 1 N–H and O–H groups in total. The van der Waals surface area contributed by atoms with Gasteiger partial charge in [0.1, 0.15) is 11.5 Å². The Morgan fingerprint density at radius 2 is 1.57 bits per heavy atom. The lowest BCUT2D eigenvalue weighted by Gasteiger charge is -2.39. The van der Waals surface area contributed by atoms with E-state index in [0.29, 0.717) is 49.7 Å². The number of methoxy groups -OCH3 is 2. The summed E-state index contributed by atoms with van der Waals surface area (Å²) >= 11 is 0. The normalized spacial score (nSPS) is 15.5. The molecule has 1 aliphatic heterocycles. The highest BCUT2D eigenvalue weighted by Crippen LogP contribution is 2.28. The molecule has 0 spiro atoms.